The smallest absolute Gasteiger partial charge is 0.227 e. The number of ether oxygens (including phenoxy) is 1. The van der Waals surface area contributed by atoms with Crippen molar-refractivity contribution < 1.29 is 9.53 Å². The minimum atomic E-state index is -0.0899. The van der Waals surface area contributed by atoms with E-state index >= 15 is 0 Å². The standard InChI is InChI=1S/C29H35N3O2/c1-30-19-16-27(24-12-6-3-7-13-24)34-28-15-9-8-14-26(28)31-29(33)25-17-20-32(21-18-25)22-23-10-4-2-5-11-23/h2-15,25,27,30H,16-22H2,1H3,(H,31,33). The molecule has 0 spiro atoms. The lowest BCUT2D eigenvalue weighted by atomic mass is 9.95. The summed E-state index contributed by atoms with van der Waals surface area (Å²) in [6, 6.07) is 28.5. The van der Waals surface area contributed by atoms with Gasteiger partial charge in [0.2, 0.25) is 5.91 Å². The maximum atomic E-state index is 13.1. The Morgan fingerprint density at radius 2 is 1.59 bits per heavy atom. The van der Waals surface area contributed by atoms with Crippen LogP contribution in [0.25, 0.3) is 0 Å². The average Bonchev–Trinajstić information content (AvgIpc) is 2.89. The zero-order chi connectivity index (χ0) is 23.6. The van der Waals surface area contributed by atoms with Gasteiger partial charge in [-0.2, -0.15) is 0 Å². The second-order valence-corrected chi connectivity index (χ2v) is 8.93. The fraction of sp³-hybridized carbons (Fsp3) is 0.345. The summed E-state index contributed by atoms with van der Waals surface area (Å²) in [6.45, 7) is 3.66. The minimum absolute atomic E-state index is 0.0225. The number of likely N-dealkylation sites (tertiary alicyclic amines) is 1. The first-order valence-corrected chi connectivity index (χ1v) is 12.3. The summed E-state index contributed by atoms with van der Waals surface area (Å²) in [5.74, 6) is 0.818. The second-order valence-electron chi connectivity index (χ2n) is 8.93. The lowest BCUT2D eigenvalue weighted by Crippen LogP contribution is -2.37. The molecule has 0 aliphatic carbocycles. The van der Waals surface area contributed by atoms with E-state index in [1.807, 2.05) is 55.6 Å². The van der Waals surface area contributed by atoms with Crippen LogP contribution in [-0.2, 0) is 11.3 Å². The van der Waals surface area contributed by atoms with Crippen LogP contribution in [0.3, 0.4) is 0 Å². The van der Waals surface area contributed by atoms with Gasteiger partial charge in [0.1, 0.15) is 11.9 Å². The van der Waals surface area contributed by atoms with E-state index in [-0.39, 0.29) is 17.9 Å². The molecule has 4 rings (SSSR count). The predicted molar refractivity (Wildman–Crippen MR) is 138 cm³/mol. The van der Waals surface area contributed by atoms with Gasteiger partial charge in [0.15, 0.2) is 0 Å². The van der Waals surface area contributed by atoms with Gasteiger partial charge in [0, 0.05) is 18.9 Å². The maximum absolute atomic E-state index is 13.1. The third kappa shape index (κ3) is 6.69. The van der Waals surface area contributed by atoms with Crippen LogP contribution >= 0.6 is 0 Å². The van der Waals surface area contributed by atoms with E-state index < -0.39 is 0 Å². The molecule has 0 aromatic heterocycles. The van der Waals surface area contributed by atoms with Crippen molar-refractivity contribution in [3.8, 4) is 5.75 Å². The number of carbonyl (C=O) groups is 1. The molecule has 1 unspecified atom stereocenters. The number of hydrogen-bond donors (Lipinski definition) is 2. The van der Waals surface area contributed by atoms with Crippen molar-refractivity contribution >= 4 is 11.6 Å². The molecule has 178 valence electrons. The zero-order valence-corrected chi connectivity index (χ0v) is 20.0. The van der Waals surface area contributed by atoms with Crippen LogP contribution in [0.5, 0.6) is 5.75 Å². The highest BCUT2D eigenvalue weighted by Crippen LogP contribution is 2.32. The van der Waals surface area contributed by atoms with E-state index in [1.165, 1.54) is 5.56 Å². The summed E-state index contributed by atoms with van der Waals surface area (Å²) < 4.78 is 6.44. The molecule has 1 aliphatic rings. The van der Waals surface area contributed by atoms with E-state index in [1.54, 1.807) is 0 Å². The molecular formula is C29H35N3O2. The Bertz CT molecular complexity index is 1020. The first-order chi connectivity index (χ1) is 16.7. The van der Waals surface area contributed by atoms with Crippen molar-refractivity contribution in [2.24, 2.45) is 5.92 Å². The molecule has 0 saturated carbocycles. The molecule has 1 fully saturated rings. The van der Waals surface area contributed by atoms with Gasteiger partial charge in [0.05, 0.1) is 5.69 Å². The van der Waals surface area contributed by atoms with Crippen LogP contribution in [-0.4, -0.2) is 37.5 Å². The molecule has 34 heavy (non-hydrogen) atoms. The van der Waals surface area contributed by atoms with Crippen LogP contribution in [0.2, 0.25) is 0 Å². The summed E-state index contributed by atoms with van der Waals surface area (Å²) in [5.41, 5.74) is 3.19. The fourth-order valence-electron chi connectivity index (χ4n) is 4.49. The van der Waals surface area contributed by atoms with Crippen molar-refractivity contribution in [1.82, 2.24) is 10.2 Å². The number of hydrogen-bond acceptors (Lipinski definition) is 4. The lowest BCUT2D eigenvalue weighted by molar-refractivity contribution is -0.121. The van der Waals surface area contributed by atoms with Gasteiger partial charge in [-0.25, -0.2) is 0 Å². The zero-order valence-electron chi connectivity index (χ0n) is 20.0. The number of nitrogens with one attached hydrogen (secondary N) is 2. The molecule has 1 heterocycles. The summed E-state index contributed by atoms with van der Waals surface area (Å²) >= 11 is 0. The van der Waals surface area contributed by atoms with Gasteiger partial charge in [-0.05, 0) is 62.8 Å². The van der Waals surface area contributed by atoms with Gasteiger partial charge >= 0.3 is 0 Å². The van der Waals surface area contributed by atoms with Gasteiger partial charge < -0.3 is 15.4 Å². The Balaban J connectivity index is 1.36. The van der Waals surface area contributed by atoms with Crippen molar-refractivity contribution in [3.05, 3.63) is 96.1 Å². The number of carbonyl (C=O) groups excluding carboxylic acids is 1. The van der Waals surface area contributed by atoms with Crippen molar-refractivity contribution in [3.63, 3.8) is 0 Å². The van der Waals surface area contributed by atoms with Gasteiger partial charge in [-0.1, -0.05) is 72.8 Å². The van der Waals surface area contributed by atoms with Gasteiger partial charge in [-0.15, -0.1) is 0 Å². The Hall–Kier alpha value is -3.15. The number of anilines is 1. The number of nitrogens with zero attached hydrogens (tertiary/aromatic N) is 1. The van der Waals surface area contributed by atoms with E-state index in [0.717, 1.165) is 56.7 Å². The highest BCUT2D eigenvalue weighted by Gasteiger charge is 2.26. The summed E-state index contributed by atoms with van der Waals surface area (Å²) in [6.07, 6.45) is 2.49. The Labute approximate surface area is 203 Å². The van der Waals surface area contributed by atoms with E-state index in [4.69, 9.17) is 4.74 Å². The first-order valence-electron chi connectivity index (χ1n) is 12.3. The van der Waals surface area contributed by atoms with E-state index in [0.29, 0.717) is 5.75 Å². The minimum Gasteiger partial charge on any atom is -0.484 e. The molecule has 5 nitrogen and oxygen atoms in total. The third-order valence-electron chi connectivity index (χ3n) is 6.45. The Kier molecular flexibility index (Phi) is 8.71. The quantitative estimate of drug-likeness (QED) is 0.436. The summed E-state index contributed by atoms with van der Waals surface area (Å²) in [4.78, 5) is 15.6. The van der Waals surface area contributed by atoms with Crippen molar-refractivity contribution in [2.75, 3.05) is 32.0 Å². The lowest BCUT2D eigenvalue weighted by Gasteiger charge is -2.31. The molecule has 1 amide bonds. The second kappa shape index (κ2) is 12.4. The van der Waals surface area contributed by atoms with Crippen molar-refractivity contribution in [1.29, 1.82) is 0 Å². The molecule has 3 aromatic carbocycles. The number of para-hydroxylation sites is 2. The topological polar surface area (TPSA) is 53.6 Å². The SMILES string of the molecule is CNCCC(Oc1ccccc1NC(=O)C1CCN(Cc2ccccc2)CC1)c1ccccc1. The Morgan fingerprint density at radius 3 is 2.29 bits per heavy atom. The fourth-order valence-corrected chi connectivity index (χ4v) is 4.49. The normalized spacial score (nSPS) is 15.6. The Morgan fingerprint density at radius 1 is 0.941 bits per heavy atom. The number of benzene rings is 3. The number of rotatable bonds is 10. The van der Waals surface area contributed by atoms with E-state index in [9.17, 15) is 4.79 Å². The molecule has 1 aliphatic heterocycles. The molecule has 3 aromatic rings. The highest BCUT2D eigenvalue weighted by atomic mass is 16.5. The van der Waals surface area contributed by atoms with Crippen molar-refractivity contribution in [2.45, 2.75) is 31.9 Å². The molecule has 1 saturated heterocycles. The third-order valence-corrected chi connectivity index (χ3v) is 6.45. The first kappa shape index (κ1) is 24.0. The van der Waals surface area contributed by atoms with Crippen LogP contribution in [0, 0.1) is 5.92 Å². The summed E-state index contributed by atoms with van der Waals surface area (Å²) in [7, 11) is 1.95. The molecule has 1 atom stereocenters. The molecule has 5 heteroatoms. The summed E-state index contributed by atoms with van der Waals surface area (Å²) in [5, 5.41) is 6.37. The molecular weight excluding hydrogens is 422 g/mol. The highest BCUT2D eigenvalue weighted by molar-refractivity contribution is 5.94. The predicted octanol–water partition coefficient (Wildman–Crippen LogP) is 5.27. The monoisotopic (exact) mass is 457 g/mol. The molecule has 0 radical (unpaired) electrons. The average molecular weight is 458 g/mol. The van der Waals surface area contributed by atoms with E-state index in [2.05, 4.69) is 51.9 Å². The van der Waals surface area contributed by atoms with Crippen LogP contribution in [0.1, 0.15) is 36.5 Å². The maximum Gasteiger partial charge on any atom is 0.227 e. The molecule has 2 N–H and O–H groups in total. The molecule has 0 bridgehead atoms. The van der Waals surface area contributed by atoms with Crippen LogP contribution in [0.15, 0.2) is 84.9 Å². The largest absolute Gasteiger partial charge is 0.484 e. The van der Waals surface area contributed by atoms with Gasteiger partial charge in [-0.3, -0.25) is 9.69 Å². The van der Waals surface area contributed by atoms with Crippen LogP contribution in [0.4, 0.5) is 5.69 Å². The van der Waals surface area contributed by atoms with Crippen LogP contribution < -0.4 is 15.4 Å². The number of piperidine rings is 1. The van der Waals surface area contributed by atoms with Gasteiger partial charge in [0.25, 0.3) is 0 Å². The number of amides is 1.